The first-order valence-corrected chi connectivity index (χ1v) is 6.36. The van der Waals surface area contributed by atoms with Crippen LogP contribution in [0.5, 0.6) is 0 Å². The van der Waals surface area contributed by atoms with Crippen molar-refractivity contribution in [2.24, 2.45) is 5.73 Å². The molecule has 1 aliphatic rings. The molecule has 1 fully saturated rings. The van der Waals surface area contributed by atoms with E-state index in [1.165, 1.54) is 25.0 Å². The molecule has 4 heteroatoms. The lowest BCUT2D eigenvalue weighted by molar-refractivity contribution is 0.484. The predicted octanol–water partition coefficient (Wildman–Crippen LogP) is 2.84. The molecule has 0 bridgehead atoms. The number of hydrogen-bond donors (Lipinski definition) is 1. The summed E-state index contributed by atoms with van der Waals surface area (Å²) in [4.78, 5) is 2.54. The SMILES string of the molecule is CC1CCCCN1c1ccc(F)cc1C(N)=S. The summed E-state index contributed by atoms with van der Waals surface area (Å²) >= 11 is 5.00. The van der Waals surface area contributed by atoms with Crippen molar-refractivity contribution in [1.29, 1.82) is 0 Å². The highest BCUT2D eigenvalue weighted by Gasteiger charge is 2.21. The minimum atomic E-state index is -0.291. The highest BCUT2D eigenvalue weighted by atomic mass is 32.1. The lowest BCUT2D eigenvalue weighted by Crippen LogP contribution is -2.38. The molecule has 17 heavy (non-hydrogen) atoms. The van der Waals surface area contributed by atoms with Gasteiger partial charge in [0.1, 0.15) is 10.8 Å². The molecule has 1 unspecified atom stereocenters. The fourth-order valence-corrected chi connectivity index (χ4v) is 2.58. The zero-order valence-electron chi connectivity index (χ0n) is 9.95. The molecule has 2 N–H and O–H groups in total. The van der Waals surface area contributed by atoms with Crippen LogP contribution in [0.25, 0.3) is 0 Å². The molecule has 1 atom stereocenters. The molecule has 1 aromatic rings. The lowest BCUT2D eigenvalue weighted by atomic mass is 10.0. The van der Waals surface area contributed by atoms with Crippen molar-refractivity contribution in [3.05, 3.63) is 29.6 Å². The number of thiocarbonyl (C=S) groups is 1. The summed E-state index contributed by atoms with van der Waals surface area (Å²) in [6.45, 7) is 3.17. The minimum absolute atomic E-state index is 0.261. The number of halogens is 1. The fourth-order valence-electron chi connectivity index (χ4n) is 2.41. The van der Waals surface area contributed by atoms with Crippen LogP contribution < -0.4 is 10.6 Å². The minimum Gasteiger partial charge on any atom is -0.389 e. The highest BCUT2D eigenvalue weighted by molar-refractivity contribution is 7.80. The third-order valence-electron chi connectivity index (χ3n) is 3.34. The summed E-state index contributed by atoms with van der Waals surface area (Å²) in [5.41, 5.74) is 7.28. The van der Waals surface area contributed by atoms with E-state index in [2.05, 4.69) is 11.8 Å². The Balaban J connectivity index is 2.39. The van der Waals surface area contributed by atoms with Crippen molar-refractivity contribution in [3.63, 3.8) is 0 Å². The monoisotopic (exact) mass is 252 g/mol. The summed E-state index contributed by atoms with van der Waals surface area (Å²) in [7, 11) is 0. The molecule has 0 radical (unpaired) electrons. The van der Waals surface area contributed by atoms with Gasteiger partial charge in [-0.2, -0.15) is 0 Å². The quantitative estimate of drug-likeness (QED) is 0.821. The third kappa shape index (κ3) is 2.57. The van der Waals surface area contributed by atoms with Gasteiger partial charge < -0.3 is 10.6 Å². The molecule has 1 saturated heterocycles. The average Bonchev–Trinajstić information content (AvgIpc) is 2.30. The van der Waals surface area contributed by atoms with Crippen molar-refractivity contribution < 1.29 is 4.39 Å². The maximum absolute atomic E-state index is 13.2. The molecular weight excluding hydrogens is 235 g/mol. The van der Waals surface area contributed by atoms with E-state index in [0.29, 0.717) is 11.6 Å². The van der Waals surface area contributed by atoms with Crippen molar-refractivity contribution in [1.82, 2.24) is 0 Å². The summed E-state index contributed by atoms with van der Waals surface area (Å²) < 4.78 is 13.2. The van der Waals surface area contributed by atoms with Gasteiger partial charge in [-0.05, 0) is 44.4 Å². The van der Waals surface area contributed by atoms with Crippen LogP contribution in [0.3, 0.4) is 0 Å². The van der Waals surface area contributed by atoms with Gasteiger partial charge in [0, 0.05) is 23.8 Å². The van der Waals surface area contributed by atoms with Gasteiger partial charge in [-0.1, -0.05) is 12.2 Å². The van der Waals surface area contributed by atoms with Gasteiger partial charge >= 0.3 is 0 Å². The smallest absolute Gasteiger partial charge is 0.124 e. The molecule has 2 rings (SSSR count). The second kappa shape index (κ2) is 5.00. The summed E-state index contributed by atoms with van der Waals surface area (Å²) in [5, 5.41) is 0. The van der Waals surface area contributed by atoms with Crippen LogP contribution >= 0.6 is 12.2 Å². The number of anilines is 1. The van der Waals surface area contributed by atoms with Gasteiger partial charge in [-0.15, -0.1) is 0 Å². The van der Waals surface area contributed by atoms with Gasteiger partial charge in [0.05, 0.1) is 0 Å². The van der Waals surface area contributed by atoms with Gasteiger partial charge in [0.25, 0.3) is 0 Å². The van der Waals surface area contributed by atoms with Gasteiger partial charge in [0.15, 0.2) is 0 Å². The molecular formula is C13H17FN2S. The fraction of sp³-hybridized carbons (Fsp3) is 0.462. The molecule has 0 saturated carbocycles. The van der Waals surface area contributed by atoms with E-state index in [-0.39, 0.29) is 10.8 Å². The lowest BCUT2D eigenvalue weighted by Gasteiger charge is -2.36. The number of rotatable bonds is 2. The normalized spacial score (nSPS) is 20.4. The average molecular weight is 252 g/mol. The molecule has 0 spiro atoms. The van der Waals surface area contributed by atoms with Crippen LogP contribution in [0.2, 0.25) is 0 Å². The van der Waals surface area contributed by atoms with Crippen molar-refractivity contribution >= 4 is 22.9 Å². The molecule has 1 heterocycles. The van der Waals surface area contributed by atoms with E-state index in [1.807, 2.05) is 0 Å². The second-order valence-corrected chi connectivity index (χ2v) is 5.00. The number of piperidine rings is 1. The van der Waals surface area contributed by atoms with Gasteiger partial charge in [-0.3, -0.25) is 0 Å². The van der Waals surface area contributed by atoms with Gasteiger partial charge in [0.2, 0.25) is 0 Å². The van der Waals surface area contributed by atoms with Crippen molar-refractivity contribution in [2.45, 2.75) is 32.2 Å². The number of benzene rings is 1. The molecule has 0 amide bonds. The summed E-state index contributed by atoms with van der Waals surface area (Å²) in [5.74, 6) is -0.291. The first-order chi connectivity index (χ1) is 8.09. The third-order valence-corrected chi connectivity index (χ3v) is 3.56. The first-order valence-electron chi connectivity index (χ1n) is 5.95. The van der Waals surface area contributed by atoms with E-state index in [0.717, 1.165) is 18.7 Å². The Bertz CT molecular complexity index is 433. The molecule has 2 nitrogen and oxygen atoms in total. The number of nitrogens with zero attached hydrogens (tertiary/aromatic N) is 1. The standard InChI is InChI=1S/C13H17FN2S/c1-9-4-2-3-7-16(9)12-6-5-10(14)8-11(12)13(15)17/h5-6,8-9H,2-4,7H2,1H3,(H2,15,17). The maximum atomic E-state index is 13.2. The Labute approximate surface area is 107 Å². The van der Waals surface area contributed by atoms with Crippen molar-refractivity contribution in [2.75, 3.05) is 11.4 Å². The van der Waals surface area contributed by atoms with Crippen LogP contribution in [0.15, 0.2) is 18.2 Å². The molecule has 0 aromatic heterocycles. The first kappa shape index (κ1) is 12.3. The summed E-state index contributed by atoms with van der Waals surface area (Å²) in [6.07, 6.45) is 3.58. The Kier molecular flexibility index (Phi) is 3.62. The van der Waals surface area contributed by atoms with E-state index in [9.17, 15) is 4.39 Å². The maximum Gasteiger partial charge on any atom is 0.124 e. The van der Waals surface area contributed by atoms with Crippen LogP contribution in [0, 0.1) is 5.82 Å². The van der Waals surface area contributed by atoms with Crippen LogP contribution in [-0.2, 0) is 0 Å². The largest absolute Gasteiger partial charge is 0.389 e. The van der Waals surface area contributed by atoms with Crippen LogP contribution in [0.4, 0.5) is 10.1 Å². The van der Waals surface area contributed by atoms with E-state index in [4.69, 9.17) is 18.0 Å². The van der Waals surface area contributed by atoms with Crippen molar-refractivity contribution in [3.8, 4) is 0 Å². The van der Waals surface area contributed by atoms with Crippen LogP contribution in [0.1, 0.15) is 31.7 Å². The zero-order valence-corrected chi connectivity index (χ0v) is 10.8. The second-order valence-electron chi connectivity index (χ2n) is 4.56. The number of nitrogens with two attached hydrogens (primary N) is 1. The zero-order chi connectivity index (χ0) is 12.4. The number of hydrogen-bond acceptors (Lipinski definition) is 2. The topological polar surface area (TPSA) is 29.3 Å². The van der Waals surface area contributed by atoms with E-state index < -0.39 is 0 Å². The Hall–Kier alpha value is -1.16. The molecule has 0 aliphatic carbocycles. The van der Waals surface area contributed by atoms with E-state index >= 15 is 0 Å². The van der Waals surface area contributed by atoms with Gasteiger partial charge in [-0.25, -0.2) is 4.39 Å². The molecule has 92 valence electrons. The van der Waals surface area contributed by atoms with E-state index in [1.54, 1.807) is 6.07 Å². The summed E-state index contributed by atoms with van der Waals surface area (Å²) in [6, 6.07) is 5.14. The van der Waals surface area contributed by atoms with Crippen LogP contribution in [-0.4, -0.2) is 17.6 Å². The predicted molar refractivity (Wildman–Crippen MR) is 72.9 cm³/mol. The molecule has 1 aromatic carbocycles. The Morgan fingerprint density at radius 2 is 2.24 bits per heavy atom. The highest BCUT2D eigenvalue weighted by Crippen LogP contribution is 2.28. The molecule has 1 aliphatic heterocycles. The Morgan fingerprint density at radius 3 is 2.88 bits per heavy atom. The Morgan fingerprint density at radius 1 is 1.47 bits per heavy atom.